The van der Waals surface area contributed by atoms with Crippen LogP contribution >= 0.6 is 0 Å². The van der Waals surface area contributed by atoms with Crippen LogP contribution in [0.2, 0.25) is 0 Å². The Morgan fingerprint density at radius 1 is 0.867 bits per heavy atom. The van der Waals surface area contributed by atoms with Gasteiger partial charge in [-0.2, -0.15) is 0 Å². The molecule has 1 aliphatic rings. The average molecular weight is 625 g/mol. The lowest BCUT2D eigenvalue weighted by Crippen LogP contribution is -2.59. The van der Waals surface area contributed by atoms with Gasteiger partial charge in [0.2, 0.25) is 29.5 Å². The molecule has 1 heterocycles. The van der Waals surface area contributed by atoms with E-state index in [0.717, 1.165) is 10.8 Å². The zero-order chi connectivity index (χ0) is 33.1. The second-order valence-corrected chi connectivity index (χ2v) is 11.1. The summed E-state index contributed by atoms with van der Waals surface area (Å²) in [6, 6.07) is 8.07. The van der Waals surface area contributed by atoms with Crippen LogP contribution in [0, 0.1) is 5.92 Å². The summed E-state index contributed by atoms with van der Waals surface area (Å²) in [6.07, 6.45) is -0.386. The lowest BCUT2D eigenvalue weighted by molar-refractivity contribution is -0.141. The van der Waals surface area contributed by atoms with E-state index in [2.05, 4.69) is 31.6 Å². The number of nitrogens with two attached hydrogens (primary N) is 2. The molecule has 10 N–H and O–H groups in total. The van der Waals surface area contributed by atoms with Crippen molar-refractivity contribution >= 4 is 52.2 Å². The fourth-order valence-corrected chi connectivity index (χ4v) is 4.83. The number of nitrogens with one attached hydrogen (secondary N) is 5. The molecular weight excluding hydrogens is 584 g/mol. The first-order chi connectivity index (χ1) is 21.3. The predicted molar refractivity (Wildman–Crippen MR) is 165 cm³/mol. The van der Waals surface area contributed by atoms with Crippen molar-refractivity contribution in [1.29, 1.82) is 0 Å². The first kappa shape index (κ1) is 34.3. The molecule has 0 aromatic heterocycles. The molecule has 2 aromatic rings. The Balaban J connectivity index is 1.96. The van der Waals surface area contributed by atoms with Gasteiger partial charge in [-0.25, -0.2) is 0 Å². The zero-order valence-electron chi connectivity index (χ0n) is 25.2. The topological polar surface area (TPSA) is 247 Å². The first-order valence-corrected chi connectivity index (χ1v) is 14.6. The van der Waals surface area contributed by atoms with E-state index in [9.17, 15) is 33.9 Å². The summed E-state index contributed by atoms with van der Waals surface area (Å²) in [6.45, 7) is 2.98. The average Bonchev–Trinajstić information content (AvgIpc) is 2.98. The number of guanidine groups is 1. The highest BCUT2D eigenvalue weighted by Crippen LogP contribution is 2.17. The Labute approximate surface area is 259 Å². The number of rotatable bonds is 9. The summed E-state index contributed by atoms with van der Waals surface area (Å²) in [4.78, 5) is 81.6. The summed E-state index contributed by atoms with van der Waals surface area (Å²) in [7, 11) is 0. The van der Waals surface area contributed by atoms with Crippen molar-refractivity contribution in [2.24, 2.45) is 22.4 Å². The first-order valence-electron chi connectivity index (χ1n) is 14.6. The molecule has 0 bridgehead atoms. The Bertz CT molecular complexity index is 1460. The zero-order valence-corrected chi connectivity index (χ0v) is 25.2. The number of fused-ring (bicyclic) bond motifs is 1. The highest BCUT2D eigenvalue weighted by molar-refractivity contribution is 5.98. The summed E-state index contributed by atoms with van der Waals surface area (Å²) in [5, 5.41) is 23.9. The fourth-order valence-electron chi connectivity index (χ4n) is 4.83. The Morgan fingerprint density at radius 3 is 2.20 bits per heavy atom. The summed E-state index contributed by atoms with van der Waals surface area (Å²) < 4.78 is 0. The third-order valence-corrected chi connectivity index (χ3v) is 7.17. The van der Waals surface area contributed by atoms with Gasteiger partial charge in [0.15, 0.2) is 5.96 Å². The van der Waals surface area contributed by atoms with E-state index < -0.39 is 78.6 Å². The third-order valence-electron chi connectivity index (χ3n) is 7.17. The molecule has 0 radical (unpaired) electrons. The number of carbonyl (C=O) groups excluding carboxylic acids is 5. The molecule has 0 aliphatic carbocycles. The van der Waals surface area contributed by atoms with E-state index in [1.807, 2.05) is 36.4 Å². The highest BCUT2D eigenvalue weighted by Gasteiger charge is 2.34. The maximum atomic E-state index is 13.7. The molecule has 3 rings (SSSR count). The molecular formula is C30H40N8O7. The van der Waals surface area contributed by atoms with Crippen LogP contribution < -0.4 is 38.1 Å². The van der Waals surface area contributed by atoms with E-state index >= 15 is 0 Å². The molecule has 0 saturated carbocycles. The van der Waals surface area contributed by atoms with Gasteiger partial charge in [0, 0.05) is 13.0 Å². The van der Waals surface area contributed by atoms with Crippen molar-refractivity contribution in [1.82, 2.24) is 26.6 Å². The third kappa shape index (κ3) is 10.5. The molecule has 1 aliphatic heterocycles. The van der Waals surface area contributed by atoms with Gasteiger partial charge in [-0.3, -0.25) is 33.8 Å². The number of carboxylic acid groups (broad SMARTS) is 1. The second-order valence-electron chi connectivity index (χ2n) is 11.1. The van der Waals surface area contributed by atoms with E-state index in [0.29, 0.717) is 12.0 Å². The number of carboxylic acids is 1. The van der Waals surface area contributed by atoms with Gasteiger partial charge in [-0.15, -0.1) is 0 Å². The Hall–Kier alpha value is -5.21. The molecule has 4 atom stereocenters. The van der Waals surface area contributed by atoms with E-state index in [4.69, 9.17) is 11.5 Å². The minimum atomic E-state index is -1.56. The van der Waals surface area contributed by atoms with Crippen LogP contribution in [0.3, 0.4) is 0 Å². The molecule has 15 nitrogen and oxygen atoms in total. The van der Waals surface area contributed by atoms with Gasteiger partial charge in [-0.1, -0.05) is 56.3 Å². The maximum absolute atomic E-state index is 13.7. The van der Waals surface area contributed by atoms with E-state index in [1.54, 1.807) is 19.9 Å². The molecule has 2 aromatic carbocycles. The lowest BCUT2D eigenvalue weighted by atomic mass is 9.98. The Kier molecular flexibility index (Phi) is 12.2. The van der Waals surface area contributed by atoms with Crippen molar-refractivity contribution in [2.75, 3.05) is 13.1 Å². The quantitative estimate of drug-likeness (QED) is 0.0930. The number of carbonyl (C=O) groups is 6. The number of aliphatic imine (C=N–C) groups is 1. The van der Waals surface area contributed by atoms with Crippen molar-refractivity contribution in [3.8, 4) is 0 Å². The van der Waals surface area contributed by atoms with Gasteiger partial charge in [0.25, 0.3) is 0 Å². The smallest absolute Gasteiger partial charge is 0.305 e. The summed E-state index contributed by atoms with van der Waals surface area (Å²) in [5.41, 5.74) is 11.4. The molecule has 242 valence electrons. The minimum absolute atomic E-state index is 0.00393. The van der Waals surface area contributed by atoms with Crippen molar-refractivity contribution in [2.45, 2.75) is 63.7 Å². The number of aliphatic carboxylic acids is 1. The monoisotopic (exact) mass is 624 g/mol. The van der Waals surface area contributed by atoms with Crippen LogP contribution in [-0.4, -0.2) is 83.8 Å². The minimum Gasteiger partial charge on any atom is -0.481 e. The SMILES string of the molecule is CC(C)[C@@H]1NC(=O)[C@@H](Cc2ccc3ccccc3c2)NC(=O)[C@H](CC(=O)O)NC(=O)CNC(=O)[C@H](CCCN=C(N)N)NC1=O. The van der Waals surface area contributed by atoms with Gasteiger partial charge < -0.3 is 43.2 Å². The predicted octanol–water partition coefficient (Wildman–Crippen LogP) is -1.36. The molecule has 0 spiro atoms. The highest BCUT2D eigenvalue weighted by atomic mass is 16.4. The summed E-state index contributed by atoms with van der Waals surface area (Å²) >= 11 is 0. The normalized spacial score (nSPS) is 21.8. The number of nitrogens with zero attached hydrogens (tertiary/aromatic N) is 1. The van der Waals surface area contributed by atoms with Gasteiger partial charge >= 0.3 is 5.97 Å². The largest absolute Gasteiger partial charge is 0.481 e. The van der Waals surface area contributed by atoms with Crippen molar-refractivity contribution < 1.29 is 33.9 Å². The molecule has 1 saturated heterocycles. The molecule has 0 unspecified atom stereocenters. The number of amides is 5. The van der Waals surface area contributed by atoms with Crippen LogP contribution in [0.1, 0.15) is 38.7 Å². The van der Waals surface area contributed by atoms with E-state index in [-0.39, 0.29) is 25.3 Å². The molecule has 15 heteroatoms. The lowest BCUT2D eigenvalue weighted by Gasteiger charge is -2.27. The van der Waals surface area contributed by atoms with Crippen LogP contribution in [0.5, 0.6) is 0 Å². The fraction of sp³-hybridized carbons (Fsp3) is 0.433. The van der Waals surface area contributed by atoms with Gasteiger partial charge in [-0.05, 0) is 35.1 Å². The van der Waals surface area contributed by atoms with Crippen LogP contribution in [0.4, 0.5) is 0 Å². The Morgan fingerprint density at radius 2 is 1.53 bits per heavy atom. The van der Waals surface area contributed by atoms with Crippen LogP contribution in [0.25, 0.3) is 10.8 Å². The van der Waals surface area contributed by atoms with Crippen molar-refractivity contribution in [3.63, 3.8) is 0 Å². The van der Waals surface area contributed by atoms with Crippen LogP contribution in [0.15, 0.2) is 47.5 Å². The van der Waals surface area contributed by atoms with Crippen molar-refractivity contribution in [3.05, 3.63) is 48.0 Å². The van der Waals surface area contributed by atoms with Crippen LogP contribution in [-0.2, 0) is 35.2 Å². The number of hydrogen-bond acceptors (Lipinski definition) is 7. The molecule has 5 amide bonds. The molecule has 1 fully saturated rings. The summed E-state index contributed by atoms with van der Waals surface area (Å²) in [5.74, 6) is -5.79. The second kappa shape index (κ2) is 16.0. The number of benzene rings is 2. The molecule has 45 heavy (non-hydrogen) atoms. The number of hydrogen-bond donors (Lipinski definition) is 8. The van der Waals surface area contributed by atoms with E-state index in [1.165, 1.54) is 0 Å². The standard InChI is InChI=1S/C30H40N8O7/c1-16(2)25-29(45)36-20(8-5-11-33-30(31)32)26(42)34-15-23(39)35-22(14-24(40)41)27(43)37-21(28(44)38-25)13-17-9-10-18-6-3-4-7-19(18)12-17/h3-4,6-7,9-10,12,16,20-22,25H,5,8,11,13-15H2,1-2H3,(H,34,42)(H,35,39)(H,36,45)(H,37,43)(H,38,44)(H,40,41)(H4,31,32,33)/t20-,21+,22-,25-/m0/s1. The van der Waals surface area contributed by atoms with Gasteiger partial charge in [0.1, 0.15) is 24.2 Å². The maximum Gasteiger partial charge on any atom is 0.305 e. The van der Waals surface area contributed by atoms with Gasteiger partial charge in [0.05, 0.1) is 13.0 Å².